The van der Waals surface area contributed by atoms with Gasteiger partial charge in [0.15, 0.2) is 5.76 Å². The van der Waals surface area contributed by atoms with Crippen molar-refractivity contribution in [3.05, 3.63) is 30.2 Å². The fraction of sp³-hybridized carbons (Fsp3) is 0.667. The summed E-state index contributed by atoms with van der Waals surface area (Å²) in [5.41, 5.74) is 0.916. The predicted octanol–water partition coefficient (Wildman–Crippen LogP) is 1.49. The van der Waals surface area contributed by atoms with E-state index in [1.807, 2.05) is 12.1 Å². The summed E-state index contributed by atoms with van der Waals surface area (Å²) in [5, 5.41) is 17.8. The average molecular weight is 386 g/mol. The van der Waals surface area contributed by atoms with Crippen molar-refractivity contribution in [2.75, 3.05) is 46.3 Å². The summed E-state index contributed by atoms with van der Waals surface area (Å²) in [6.45, 7) is 7.42. The van der Waals surface area contributed by atoms with Gasteiger partial charge in [0.05, 0.1) is 12.6 Å². The van der Waals surface area contributed by atoms with Crippen LogP contribution in [-0.4, -0.2) is 88.5 Å². The molecule has 2 aromatic heterocycles. The van der Waals surface area contributed by atoms with Crippen LogP contribution in [0.5, 0.6) is 0 Å². The number of hydrogen-bond acceptors (Lipinski definition) is 6. The topological polar surface area (TPSA) is 71.8 Å². The molecule has 5 rings (SSSR count). The van der Waals surface area contributed by atoms with Crippen LogP contribution in [0.2, 0.25) is 0 Å². The number of nitrogens with one attached hydrogen (secondary N) is 1. The highest BCUT2D eigenvalue weighted by atomic mass is 16.3. The minimum atomic E-state index is -0.180. The summed E-state index contributed by atoms with van der Waals surface area (Å²) >= 11 is 0. The Bertz CT molecular complexity index is 768. The van der Waals surface area contributed by atoms with E-state index >= 15 is 0 Å². The second-order valence-corrected chi connectivity index (χ2v) is 8.90. The summed E-state index contributed by atoms with van der Waals surface area (Å²) in [6, 6.07) is 6.34. The zero-order valence-electron chi connectivity index (χ0n) is 16.6. The van der Waals surface area contributed by atoms with E-state index in [0.29, 0.717) is 17.9 Å². The standard InChI is InChI=1S/C21H31N5O2/c1-24-6-8-26(9-7-24)19-10-15-12-25(13-16(15)11-20(19)27)14-17-2-3-21(28-17)18-4-5-22-23-18/h2-5,15-16,19-20,27H,6-14H2,1H3,(H,22,23)/t15-,16+,19-,20-/m1/s1. The number of H-pyrrole nitrogens is 1. The monoisotopic (exact) mass is 385 g/mol. The van der Waals surface area contributed by atoms with Crippen molar-refractivity contribution in [2.24, 2.45) is 11.8 Å². The summed E-state index contributed by atoms with van der Waals surface area (Å²) in [5.74, 6) is 3.14. The van der Waals surface area contributed by atoms with Crippen LogP contribution in [0.3, 0.4) is 0 Å². The fourth-order valence-electron chi connectivity index (χ4n) is 5.40. The molecular weight excluding hydrogens is 354 g/mol. The van der Waals surface area contributed by atoms with Gasteiger partial charge in [-0.3, -0.25) is 14.9 Å². The molecule has 28 heavy (non-hydrogen) atoms. The number of rotatable bonds is 4. The molecule has 0 spiro atoms. The maximum absolute atomic E-state index is 10.8. The first kappa shape index (κ1) is 18.4. The smallest absolute Gasteiger partial charge is 0.152 e. The van der Waals surface area contributed by atoms with Crippen molar-refractivity contribution < 1.29 is 9.52 Å². The lowest BCUT2D eigenvalue weighted by Gasteiger charge is -2.44. The Labute approximate surface area is 166 Å². The van der Waals surface area contributed by atoms with Gasteiger partial charge in [-0.2, -0.15) is 5.10 Å². The highest BCUT2D eigenvalue weighted by molar-refractivity contribution is 5.51. The van der Waals surface area contributed by atoms with Crippen molar-refractivity contribution in [1.82, 2.24) is 24.9 Å². The van der Waals surface area contributed by atoms with Gasteiger partial charge in [0.25, 0.3) is 0 Å². The zero-order valence-corrected chi connectivity index (χ0v) is 16.6. The van der Waals surface area contributed by atoms with E-state index in [1.165, 1.54) is 0 Å². The van der Waals surface area contributed by atoms with Crippen LogP contribution < -0.4 is 0 Å². The lowest BCUT2D eigenvalue weighted by molar-refractivity contribution is -0.0249. The first-order chi connectivity index (χ1) is 13.7. The molecule has 0 aromatic carbocycles. The summed E-state index contributed by atoms with van der Waals surface area (Å²) in [6.07, 6.45) is 3.63. The van der Waals surface area contributed by atoms with Crippen molar-refractivity contribution in [3.63, 3.8) is 0 Å². The first-order valence-corrected chi connectivity index (χ1v) is 10.6. The van der Waals surface area contributed by atoms with E-state index in [4.69, 9.17) is 4.42 Å². The van der Waals surface area contributed by atoms with Gasteiger partial charge in [-0.05, 0) is 49.9 Å². The maximum Gasteiger partial charge on any atom is 0.152 e. The van der Waals surface area contributed by atoms with Crippen molar-refractivity contribution in [3.8, 4) is 11.5 Å². The molecule has 2 aromatic rings. The second kappa shape index (κ2) is 7.63. The maximum atomic E-state index is 10.8. The molecule has 0 amide bonds. The van der Waals surface area contributed by atoms with Gasteiger partial charge >= 0.3 is 0 Å². The molecule has 3 aliphatic rings. The summed E-state index contributed by atoms with van der Waals surface area (Å²) in [7, 11) is 2.19. The third kappa shape index (κ3) is 3.64. The van der Waals surface area contributed by atoms with Crippen LogP contribution in [0.1, 0.15) is 18.6 Å². The van der Waals surface area contributed by atoms with Gasteiger partial charge in [-0.25, -0.2) is 0 Å². The number of furan rings is 1. The van der Waals surface area contributed by atoms with Crippen LogP contribution in [0, 0.1) is 11.8 Å². The van der Waals surface area contributed by atoms with Crippen LogP contribution in [0.15, 0.2) is 28.8 Å². The van der Waals surface area contributed by atoms with Crippen LogP contribution >= 0.6 is 0 Å². The Balaban J connectivity index is 1.20. The SMILES string of the molecule is CN1CCN([C@@H]2C[C@@H]3CN(Cc4ccc(-c5ccn[nH]5)o4)C[C@@H]3C[C@H]2O)CC1. The van der Waals surface area contributed by atoms with E-state index in [-0.39, 0.29) is 6.10 Å². The number of aromatic amines is 1. The highest BCUT2D eigenvalue weighted by Crippen LogP contribution is 2.39. The number of likely N-dealkylation sites (N-methyl/N-ethyl adjacent to an activating group) is 1. The average Bonchev–Trinajstić information content (AvgIpc) is 3.42. The van der Waals surface area contributed by atoms with Crippen molar-refractivity contribution in [1.29, 1.82) is 0 Å². The van der Waals surface area contributed by atoms with E-state index in [0.717, 1.165) is 75.9 Å². The fourth-order valence-corrected chi connectivity index (χ4v) is 5.40. The molecule has 0 bridgehead atoms. The largest absolute Gasteiger partial charge is 0.458 e. The molecule has 4 atom stereocenters. The predicted molar refractivity (Wildman–Crippen MR) is 107 cm³/mol. The number of piperazine rings is 1. The third-order valence-corrected chi connectivity index (χ3v) is 7.00. The molecule has 0 unspecified atom stereocenters. The molecule has 2 saturated heterocycles. The number of nitrogens with zero attached hydrogens (tertiary/aromatic N) is 4. The zero-order chi connectivity index (χ0) is 19.1. The number of aliphatic hydroxyl groups is 1. The Morgan fingerprint density at radius 3 is 2.64 bits per heavy atom. The van der Waals surface area contributed by atoms with Crippen LogP contribution in [0.4, 0.5) is 0 Å². The Hall–Kier alpha value is -1.67. The molecule has 2 N–H and O–H groups in total. The molecule has 152 valence electrons. The van der Waals surface area contributed by atoms with Crippen LogP contribution in [-0.2, 0) is 6.54 Å². The van der Waals surface area contributed by atoms with Gasteiger partial charge in [0, 0.05) is 51.5 Å². The van der Waals surface area contributed by atoms with E-state index in [1.54, 1.807) is 6.20 Å². The van der Waals surface area contributed by atoms with Crippen molar-refractivity contribution in [2.45, 2.75) is 31.5 Å². The number of fused-ring (bicyclic) bond motifs is 1. The molecule has 1 aliphatic carbocycles. The van der Waals surface area contributed by atoms with E-state index in [9.17, 15) is 5.11 Å². The lowest BCUT2D eigenvalue weighted by atomic mass is 9.77. The lowest BCUT2D eigenvalue weighted by Crippen LogP contribution is -2.55. The van der Waals surface area contributed by atoms with Crippen LogP contribution in [0.25, 0.3) is 11.5 Å². The minimum Gasteiger partial charge on any atom is -0.458 e. The van der Waals surface area contributed by atoms with Gasteiger partial charge in [-0.1, -0.05) is 0 Å². The molecule has 7 heteroatoms. The molecule has 4 heterocycles. The highest BCUT2D eigenvalue weighted by Gasteiger charge is 2.43. The molecule has 7 nitrogen and oxygen atoms in total. The summed E-state index contributed by atoms with van der Waals surface area (Å²) < 4.78 is 6.02. The molecular formula is C21H31N5O2. The number of likely N-dealkylation sites (tertiary alicyclic amines) is 1. The van der Waals surface area contributed by atoms with Gasteiger partial charge in [0.1, 0.15) is 11.5 Å². The Morgan fingerprint density at radius 1 is 1.11 bits per heavy atom. The molecule has 0 radical (unpaired) electrons. The minimum absolute atomic E-state index is 0.180. The molecule has 3 fully saturated rings. The van der Waals surface area contributed by atoms with Gasteiger partial charge in [0.2, 0.25) is 0 Å². The first-order valence-electron chi connectivity index (χ1n) is 10.6. The second-order valence-electron chi connectivity index (χ2n) is 8.90. The van der Waals surface area contributed by atoms with Gasteiger partial charge in [-0.15, -0.1) is 0 Å². The normalized spacial score (nSPS) is 32.6. The molecule has 1 saturated carbocycles. The third-order valence-electron chi connectivity index (χ3n) is 7.00. The quantitative estimate of drug-likeness (QED) is 0.831. The number of hydrogen-bond donors (Lipinski definition) is 2. The van der Waals surface area contributed by atoms with E-state index in [2.05, 4.69) is 38.0 Å². The molecule has 2 aliphatic heterocycles. The number of aromatic nitrogens is 2. The van der Waals surface area contributed by atoms with Gasteiger partial charge < -0.3 is 14.4 Å². The van der Waals surface area contributed by atoms with E-state index < -0.39 is 0 Å². The Morgan fingerprint density at radius 2 is 1.89 bits per heavy atom. The van der Waals surface area contributed by atoms with Crippen molar-refractivity contribution >= 4 is 0 Å². The summed E-state index contributed by atoms with van der Waals surface area (Å²) in [4.78, 5) is 7.42. The number of aliphatic hydroxyl groups excluding tert-OH is 1. The Kier molecular flexibility index (Phi) is 5.00.